The molecule has 1 amide bonds. The zero-order chi connectivity index (χ0) is 12.7. The molecule has 0 bridgehead atoms. The Morgan fingerprint density at radius 1 is 1.41 bits per heavy atom. The Morgan fingerprint density at radius 2 is 2.18 bits per heavy atom. The molecule has 0 saturated heterocycles. The summed E-state index contributed by atoms with van der Waals surface area (Å²) in [5.74, 6) is -0.223. The molecule has 0 aliphatic carbocycles. The van der Waals surface area contributed by atoms with Gasteiger partial charge >= 0.3 is 5.00 Å². The molecular weight excluding hydrogens is 240 g/mol. The first-order valence-corrected chi connectivity index (χ1v) is 6.49. The molecule has 1 aromatic rings. The standard InChI is InChI=1S/C11H16N2O3S/c1-2-3-4-5-8-12-11(14)9-6-7-10(17-9)13(15)16/h6-7H,2-5,8H2,1H3,(H,12,14). The highest BCUT2D eigenvalue weighted by atomic mass is 32.1. The molecule has 94 valence electrons. The Labute approximate surface area is 104 Å². The molecule has 0 saturated carbocycles. The molecule has 0 aliphatic heterocycles. The minimum atomic E-state index is -0.483. The van der Waals surface area contributed by atoms with Crippen molar-refractivity contribution in [2.24, 2.45) is 0 Å². The van der Waals surface area contributed by atoms with Crippen LogP contribution >= 0.6 is 11.3 Å². The van der Waals surface area contributed by atoms with Gasteiger partial charge in [-0.05, 0) is 12.5 Å². The average molecular weight is 256 g/mol. The topological polar surface area (TPSA) is 72.2 Å². The second-order valence-corrected chi connectivity index (χ2v) is 4.77. The number of amides is 1. The summed E-state index contributed by atoms with van der Waals surface area (Å²) in [5.41, 5.74) is 0. The number of hydrogen-bond acceptors (Lipinski definition) is 4. The highest BCUT2D eigenvalue weighted by molar-refractivity contribution is 7.17. The zero-order valence-electron chi connectivity index (χ0n) is 9.77. The first-order valence-electron chi connectivity index (χ1n) is 5.67. The molecule has 0 spiro atoms. The average Bonchev–Trinajstić information content (AvgIpc) is 2.78. The van der Waals surface area contributed by atoms with Crippen molar-refractivity contribution < 1.29 is 9.72 Å². The van der Waals surface area contributed by atoms with Crippen LogP contribution in [0.1, 0.15) is 42.3 Å². The summed E-state index contributed by atoms with van der Waals surface area (Å²) in [4.78, 5) is 22.0. The Kier molecular flexibility index (Phi) is 5.62. The highest BCUT2D eigenvalue weighted by Gasteiger charge is 2.14. The van der Waals surface area contributed by atoms with Crippen LogP contribution in [0.3, 0.4) is 0 Å². The van der Waals surface area contributed by atoms with E-state index in [4.69, 9.17) is 0 Å². The van der Waals surface area contributed by atoms with Gasteiger partial charge in [-0.15, -0.1) is 0 Å². The fraction of sp³-hybridized carbons (Fsp3) is 0.545. The lowest BCUT2D eigenvalue weighted by atomic mass is 10.2. The minimum Gasteiger partial charge on any atom is -0.351 e. The maximum absolute atomic E-state index is 11.6. The summed E-state index contributed by atoms with van der Waals surface area (Å²) in [6, 6.07) is 2.85. The molecule has 0 unspecified atom stereocenters. The number of rotatable bonds is 7. The number of carbonyl (C=O) groups is 1. The number of carbonyl (C=O) groups excluding carboxylic acids is 1. The van der Waals surface area contributed by atoms with Crippen LogP contribution in [0.25, 0.3) is 0 Å². The van der Waals surface area contributed by atoms with Gasteiger partial charge in [-0.25, -0.2) is 0 Å². The predicted octanol–water partition coefficient (Wildman–Crippen LogP) is 2.97. The summed E-state index contributed by atoms with van der Waals surface area (Å²) in [6.45, 7) is 2.76. The number of nitro groups is 1. The molecule has 5 nitrogen and oxygen atoms in total. The molecule has 0 atom stereocenters. The van der Waals surface area contributed by atoms with E-state index in [0.29, 0.717) is 11.4 Å². The van der Waals surface area contributed by atoms with Crippen molar-refractivity contribution in [3.05, 3.63) is 27.1 Å². The Morgan fingerprint density at radius 3 is 2.76 bits per heavy atom. The van der Waals surface area contributed by atoms with E-state index in [9.17, 15) is 14.9 Å². The quantitative estimate of drug-likeness (QED) is 0.463. The minimum absolute atomic E-state index is 0.00105. The van der Waals surface area contributed by atoms with Gasteiger partial charge in [0.25, 0.3) is 5.91 Å². The smallest absolute Gasteiger partial charge is 0.324 e. The number of hydrogen-bond donors (Lipinski definition) is 1. The van der Waals surface area contributed by atoms with Crippen LogP contribution in [0.2, 0.25) is 0 Å². The maximum Gasteiger partial charge on any atom is 0.324 e. The van der Waals surface area contributed by atoms with Crippen molar-refractivity contribution in [1.82, 2.24) is 5.32 Å². The molecule has 0 fully saturated rings. The third kappa shape index (κ3) is 4.52. The fourth-order valence-electron chi connectivity index (χ4n) is 1.39. The summed E-state index contributed by atoms with van der Waals surface area (Å²) < 4.78 is 0. The van der Waals surface area contributed by atoms with Crippen molar-refractivity contribution in [2.75, 3.05) is 6.54 Å². The van der Waals surface area contributed by atoms with Gasteiger partial charge in [-0.3, -0.25) is 14.9 Å². The third-order valence-corrected chi connectivity index (χ3v) is 3.35. The van der Waals surface area contributed by atoms with Gasteiger partial charge in [0.1, 0.15) is 0 Å². The van der Waals surface area contributed by atoms with Crippen LogP contribution in [0.4, 0.5) is 5.00 Å². The van der Waals surface area contributed by atoms with Gasteiger partial charge in [0.2, 0.25) is 0 Å². The largest absolute Gasteiger partial charge is 0.351 e. The summed E-state index contributed by atoms with van der Waals surface area (Å²) >= 11 is 0.906. The van der Waals surface area contributed by atoms with Crippen molar-refractivity contribution in [3.63, 3.8) is 0 Å². The van der Waals surface area contributed by atoms with Crippen LogP contribution in [-0.2, 0) is 0 Å². The first kappa shape index (κ1) is 13.6. The van der Waals surface area contributed by atoms with Crippen LogP contribution in [0.5, 0.6) is 0 Å². The van der Waals surface area contributed by atoms with Crippen LogP contribution < -0.4 is 5.32 Å². The summed E-state index contributed by atoms with van der Waals surface area (Å²) in [6.07, 6.45) is 4.37. The molecule has 0 aromatic carbocycles. The van der Waals surface area contributed by atoms with Gasteiger partial charge in [-0.2, -0.15) is 0 Å². The molecular formula is C11H16N2O3S. The van der Waals surface area contributed by atoms with E-state index in [-0.39, 0.29) is 10.9 Å². The van der Waals surface area contributed by atoms with Crippen LogP contribution in [0.15, 0.2) is 12.1 Å². The molecule has 1 aromatic heterocycles. The third-order valence-electron chi connectivity index (χ3n) is 2.31. The second-order valence-electron chi connectivity index (χ2n) is 3.71. The maximum atomic E-state index is 11.6. The van der Waals surface area contributed by atoms with Crippen molar-refractivity contribution >= 4 is 22.2 Å². The number of nitrogens with zero attached hydrogens (tertiary/aromatic N) is 1. The molecule has 1 rings (SSSR count). The Bertz CT molecular complexity index is 390. The molecule has 0 radical (unpaired) electrons. The summed E-state index contributed by atoms with van der Waals surface area (Å²) in [7, 11) is 0. The fourth-order valence-corrected chi connectivity index (χ4v) is 2.13. The lowest BCUT2D eigenvalue weighted by Crippen LogP contribution is -2.23. The number of thiophene rings is 1. The van der Waals surface area contributed by atoms with E-state index in [0.717, 1.165) is 30.6 Å². The van der Waals surface area contributed by atoms with Crippen molar-refractivity contribution in [2.45, 2.75) is 32.6 Å². The second kappa shape index (κ2) is 7.01. The normalized spacial score (nSPS) is 10.2. The molecule has 0 aliphatic rings. The van der Waals surface area contributed by atoms with E-state index in [1.165, 1.54) is 18.6 Å². The molecule has 1 N–H and O–H groups in total. The summed E-state index contributed by atoms with van der Waals surface area (Å²) in [5, 5.41) is 13.2. The van der Waals surface area contributed by atoms with Gasteiger partial charge in [-0.1, -0.05) is 37.5 Å². The van der Waals surface area contributed by atoms with Crippen LogP contribution in [-0.4, -0.2) is 17.4 Å². The van der Waals surface area contributed by atoms with E-state index in [2.05, 4.69) is 12.2 Å². The van der Waals surface area contributed by atoms with E-state index >= 15 is 0 Å². The number of unbranched alkanes of at least 4 members (excludes halogenated alkanes) is 3. The Balaban J connectivity index is 2.34. The van der Waals surface area contributed by atoms with Gasteiger partial charge < -0.3 is 5.32 Å². The molecule has 6 heteroatoms. The predicted molar refractivity (Wildman–Crippen MR) is 67.4 cm³/mol. The lowest BCUT2D eigenvalue weighted by Gasteiger charge is -2.02. The van der Waals surface area contributed by atoms with E-state index in [1.807, 2.05) is 0 Å². The zero-order valence-corrected chi connectivity index (χ0v) is 10.6. The van der Waals surface area contributed by atoms with Crippen LogP contribution in [0, 0.1) is 10.1 Å². The molecule has 17 heavy (non-hydrogen) atoms. The number of nitrogens with one attached hydrogen (secondary N) is 1. The SMILES string of the molecule is CCCCCCNC(=O)c1ccc([N+](=O)[O-])s1. The van der Waals surface area contributed by atoms with Crippen molar-refractivity contribution in [1.29, 1.82) is 0 Å². The highest BCUT2D eigenvalue weighted by Crippen LogP contribution is 2.23. The lowest BCUT2D eigenvalue weighted by molar-refractivity contribution is -0.380. The van der Waals surface area contributed by atoms with E-state index < -0.39 is 4.92 Å². The van der Waals surface area contributed by atoms with Crippen molar-refractivity contribution in [3.8, 4) is 0 Å². The van der Waals surface area contributed by atoms with E-state index in [1.54, 1.807) is 0 Å². The van der Waals surface area contributed by atoms with Gasteiger partial charge in [0, 0.05) is 12.6 Å². The monoisotopic (exact) mass is 256 g/mol. The van der Waals surface area contributed by atoms with Gasteiger partial charge in [0.15, 0.2) is 0 Å². The molecule has 1 heterocycles. The first-order chi connectivity index (χ1) is 8.15. The Hall–Kier alpha value is -1.43. The van der Waals surface area contributed by atoms with Gasteiger partial charge in [0.05, 0.1) is 9.80 Å².